The first-order valence-electron chi connectivity index (χ1n) is 5.05. The molecule has 0 fully saturated rings. The van der Waals surface area contributed by atoms with Crippen molar-refractivity contribution < 1.29 is 0 Å². The van der Waals surface area contributed by atoms with E-state index in [0.717, 1.165) is 21.7 Å². The van der Waals surface area contributed by atoms with Gasteiger partial charge in [0, 0.05) is 13.2 Å². The Hall–Kier alpha value is -2.19. The molecule has 4 nitrogen and oxygen atoms in total. The zero-order valence-electron chi connectivity index (χ0n) is 9.08. The lowest BCUT2D eigenvalue weighted by atomic mass is 10.2. The molecule has 0 N–H and O–H groups in total. The largest absolute Gasteiger partial charge is 0.326 e. The number of nitrogens with zero attached hydrogens (tertiary/aromatic N) is 4. The van der Waals surface area contributed by atoms with Crippen LogP contribution in [-0.4, -0.2) is 14.5 Å². The van der Waals surface area contributed by atoms with Crippen LogP contribution in [0, 0.1) is 11.3 Å². The van der Waals surface area contributed by atoms with E-state index >= 15 is 0 Å². The fraction of sp³-hybridized carbons (Fsp3) is 0.0833. The fourth-order valence-corrected chi connectivity index (χ4v) is 2.45. The van der Waals surface area contributed by atoms with Gasteiger partial charge in [-0.05, 0) is 18.2 Å². The van der Waals surface area contributed by atoms with Crippen molar-refractivity contribution in [1.29, 1.82) is 5.26 Å². The molecule has 0 bridgehead atoms. The SMILES string of the molecule is Cn1c(-c2cncs2)nc2ccc(C#N)cc21. The summed E-state index contributed by atoms with van der Waals surface area (Å²) in [6.07, 6.45) is 1.80. The number of aromatic nitrogens is 3. The normalized spacial score (nSPS) is 10.6. The molecule has 0 aliphatic carbocycles. The number of benzene rings is 1. The van der Waals surface area contributed by atoms with Crippen molar-refractivity contribution in [2.24, 2.45) is 7.05 Å². The van der Waals surface area contributed by atoms with Gasteiger partial charge in [-0.1, -0.05) is 0 Å². The highest BCUT2D eigenvalue weighted by Gasteiger charge is 2.11. The number of imidazole rings is 1. The molecule has 5 heteroatoms. The predicted octanol–water partition coefficient (Wildman–Crippen LogP) is 2.57. The van der Waals surface area contributed by atoms with Gasteiger partial charge in [0.15, 0.2) is 5.82 Å². The van der Waals surface area contributed by atoms with Crippen molar-refractivity contribution in [3.63, 3.8) is 0 Å². The van der Waals surface area contributed by atoms with Gasteiger partial charge in [0.2, 0.25) is 0 Å². The molecule has 0 saturated carbocycles. The second kappa shape index (κ2) is 3.68. The van der Waals surface area contributed by atoms with E-state index < -0.39 is 0 Å². The van der Waals surface area contributed by atoms with Gasteiger partial charge in [0.25, 0.3) is 0 Å². The Balaban J connectivity index is 2.30. The van der Waals surface area contributed by atoms with Gasteiger partial charge in [-0.15, -0.1) is 11.3 Å². The Labute approximate surface area is 102 Å². The number of thiazole rings is 1. The average molecular weight is 240 g/mol. The summed E-state index contributed by atoms with van der Waals surface area (Å²) in [7, 11) is 1.95. The number of hydrogen-bond donors (Lipinski definition) is 0. The maximum absolute atomic E-state index is 8.89. The van der Waals surface area contributed by atoms with E-state index in [0.29, 0.717) is 5.56 Å². The van der Waals surface area contributed by atoms with Crippen LogP contribution in [0.3, 0.4) is 0 Å². The maximum atomic E-state index is 8.89. The Morgan fingerprint density at radius 1 is 1.41 bits per heavy atom. The zero-order valence-corrected chi connectivity index (χ0v) is 9.90. The molecule has 2 heterocycles. The smallest absolute Gasteiger partial charge is 0.152 e. The molecule has 2 aromatic heterocycles. The van der Waals surface area contributed by atoms with E-state index in [1.807, 2.05) is 23.7 Å². The van der Waals surface area contributed by atoms with E-state index in [-0.39, 0.29) is 0 Å². The maximum Gasteiger partial charge on any atom is 0.152 e. The summed E-state index contributed by atoms with van der Waals surface area (Å²) in [6.45, 7) is 0. The quantitative estimate of drug-likeness (QED) is 0.657. The number of rotatable bonds is 1. The first-order valence-corrected chi connectivity index (χ1v) is 5.93. The number of fused-ring (bicyclic) bond motifs is 1. The van der Waals surface area contributed by atoms with Crippen LogP contribution in [0.4, 0.5) is 0 Å². The topological polar surface area (TPSA) is 54.5 Å². The molecule has 0 radical (unpaired) electrons. The minimum atomic E-state index is 0.649. The van der Waals surface area contributed by atoms with Crippen molar-refractivity contribution in [3.05, 3.63) is 35.5 Å². The minimum absolute atomic E-state index is 0.649. The van der Waals surface area contributed by atoms with Gasteiger partial charge in [0.1, 0.15) is 0 Å². The van der Waals surface area contributed by atoms with Gasteiger partial charge in [-0.25, -0.2) is 4.98 Å². The lowest BCUT2D eigenvalue weighted by Gasteiger charge is -1.98. The first-order chi connectivity index (χ1) is 8.29. The molecule has 0 aliphatic heterocycles. The first kappa shape index (κ1) is 10.00. The number of hydrogen-bond acceptors (Lipinski definition) is 4. The van der Waals surface area contributed by atoms with Crippen LogP contribution in [0.5, 0.6) is 0 Å². The molecular weight excluding hydrogens is 232 g/mol. The summed E-state index contributed by atoms with van der Waals surface area (Å²) in [4.78, 5) is 9.64. The van der Waals surface area contributed by atoms with Crippen LogP contribution >= 0.6 is 11.3 Å². The highest BCUT2D eigenvalue weighted by Crippen LogP contribution is 2.26. The van der Waals surface area contributed by atoms with Crippen LogP contribution < -0.4 is 0 Å². The lowest BCUT2D eigenvalue weighted by molar-refractivity contribution is 0.962. The molecular formula is C12H8N4S. The molecule has 0 spiro atoms. The highest BCUT2D eigenvalue weighted by atomic mass is 32.1. The van der Waals surface area contributed by atoms with E-state index in [1.165, 1.54) is 0 Å². The summed E-state index contributed by atoms with van der Waals surface area (Å²) in [5.41, 5.74) is 4.30. The van der Waals surface area contributed by atoms with Crippen molar-refractivity contribution in [2.45, 2.75) is 0 Å². The number of aryl methyl sites for hydroxylation is 1. The van der Waals surface area contributed by atoms with Gasteiger partial charge < -0.3 is 4.57 Å². The van der Waals surface area contributed by atoms with Gasteiger partial charge in [0.05, 0.1) is 33.1 Å². The van der Waals surface area contributed by atoms with E-state index in [1.54, 1.807) is 29.1 Å². The Kier molecular flexibility index (Phi) is 2.16. The highest BCUT2D eigenvalue weighted by molar-refractivity contribution is 7.13. The molecule has 0 saturated heterocycles. The minimum Gasteiger partial charge on any atom is -0.326 e. The summed E-state index contributed by atoms with van der Waals surface area (Å²) < 4.78 is 1.99. The second-order valence-corrected chi connectivity index (χ2v) is 4.56. The van der Waals surface area contributed by atoms with Crippen molar-refractivity contribution >= 4 is 22.4 Å². The standard InChI is InChI=1S/C12H8N4S/c1-16-10-4-8(5-13)2-3-9(10)15-12(16)11-6-14-7-17-11/h2-4,6-7H,1H3. The molecule has 0 unspecified atom stereocenters. The monoisotopic (exact) mass is 240 g/mol. The van der Waals surface area contributed by atoms with Crippen molar-refractivity contribution in [1.82, 2.24) is 14.5 Å². The molecule has 0 amide bonds. The third-order valence-electron chi connectivity index (χ3n) is 2.66. The van der Waals surface area contributed by atoms with E-state index in [2.05, 4.69) is 16.0 Å². The van der Waals surface area contributed by atoms with E-state index in [4.69, 9.17) is 5.26 Å². The van der Waals surface area contributed by atoms with Crippen molar-refractivity contribution in [3.8, 4) is 16.8 Å². The van der Waals surface area contributed by atoms with Gasteiger partial charge in [-0.2, -0.15) is 5.26 Å². The fourth-order valence-electron chi connectivity index (χ4n) is 1.81. The second-order valence-electron chi connectivity index (χ2n) is 3.68. The predicted molar refractivity (Wildman–Crippen MR) is 66.5 cm³/mol. The Bertz CT molecular complexity index is 719. The zero-order chi connectivity index (χ0) is 11.8. The van der Waals surface area contributed by atoms with Crippen LogP contribution in [0.15, 0.2) is 29.9 Å². The van der Waals surface area contributed by atoms with Crippen LogP contribution in [0.2, 0.25) is 0 Å². The van der Waals surface area contributed by atoms with Crippen LogP contribution in [-0.2, 0) is 7.05 Å². The molecule has 3 aromatic rings. The van der Waals surface area contributed by atoms with Crippen LogP contribution in [0.1, 0.15) is 5.56 Å². The lowest BCUT2D eigenvalue weighted by Crippen LogP contribution is -1.90. The van der Waals surface area contributed by atoms with Gasteiger partial charge in [-0.3, -0.25) is 4.98 Å². The van der Waals surface area contributed by atoms with E-state index in [9.17, 15) is 0 Å². The Morgan fingerprint density at radius 2 is 2.29 bits per heavy atom. The van der Waals surface area contributed by atoms with Gasteiger partial charge >= 0.3 is 0 Å². The van der Waals surface area contributed by atoms with Crippen molar-refractivity contribution in [2.75, 3.05) is 0 Å². The third kappa shape index (κ3) is 1.50. The Morgan fingerprint density at radius 3 is 3.00 bits per heavy atom. The molecule has 3 rings (SSSR count). The molecule has 0 atom stereocenters. The molecule has 17 heavy (non-hydrogen) atoms. The summed E-state index contributed by atoms with van der Waals surface area (Å²) in [5.74, 6) is 0.887. The molecule has 0 aliphatic rings. The summed E-state index contributed by atoms with van der Waals surface area (Å²) in [5, 5.41) is 8.89. The molecule has 82 valence electrons. The summed E-state index contributed by atoms with van der Waals surface area (Å²) >= 11 is 1.56. The summed E-state index contributed by atoms with van der Waals surface area (Å²) in [6, 6.07) is 7.65. The third-order valence-corrected chi connectivity index (χ3v) is 3.43. The number of nitriles is 1. The van der Waals surface area contributed by atoms with Crippen LogP contribution in [0.25, 0.3) is 21.7 Å². The average Bonchev–Trinajstić information content (AvgIpc) is 2.97. The molecule has 1 aromatic carbocycles.